The van der Waals surface area contributed by atoms with Crippen LogP contribution >= 0.6 is 0 Å². The number of hydrogen-bond acceptors (Lipinski definition) is 5. The van der Waals surface area contributed by atoms with Gasteiger partial charge in [-0.2, -0.15) is 0 Å². The molecule has 7 nitrogen and oxygen atoms in total. The van der Waals surface area contributed by atoms with Crippen LogP contribution in [0, 0.1) is 0 Å². The summed E-state index contributed by atoms with van der Waals surface area (Å²) in [6.07, 6.45) is 0. The highest BCUT2D eigenvalue weighted by atomic mass is 16.5. The first-order chi connectivity index (χ1) is 13.2. The lowest BCUT2D eigenvalue weighted by molar-refractivity contribution is 0.0706. The summed E-state index contributed by atoms with van der Waals surface area (Å²) < 4.78 is 6.00. The molecule has 0 unspecified atom stereocenters. The first kappa shape index (κ1) is 18.9. The van der Waals surface area contributed by atoms with E-state index in [1.54, 1.807) is 23.7 Å². The molecule has 142 valence electrons. The SMILES string of the molecule is CCN(CC)CCOc1ccccc1-c1nc2ccc(C(=O)NO)cc2[nH]1. The molecule has 3 aromatic rings. The standard InChI is InChI=1S/C20H24N4O3/c1-3-24(4-2)11-12-27-18-8-6-5-7-15(18)19-21-16-10-9-14(20(25)23-26)13-17(16)22-19/h5-10,13,26H,3-4,11-12H2,1-2H3,(H,21,22)(H,23,25). The molecule has 3 rings (SSSR count). The number of nitrogens with one attached hydrogen (secondary N) is 2. The van der Waals surface area contributed by atoms with E-state index in [0.717, 1.165) is 36.5 Å². The van der Waals surface area contributed by atoms with Gasteiger partial charge in [0.05, 0.1) is 16.6 Å². The van der Waals surface area contributed by atoms with Gasteiger partial charge in [-0.15, -0.1) is 0 Å². The predicted octanol–water partition coefficient (Wildman–Crippen LogP) is 3.07. The minimum Gasteiger partial charge on any atom is -0.491 e. The Kier molecular flexibility index (Phi) is 6.05. The largest absolute Gasteiger partial charge is 0.491 e. The zero-order chi connectivity index (χ0) is 19.2. The minimum atomic E-state index is -0.562. The Morgan fingerprint density at radius 1 is 1.22 bits per heavy atom. The van der Waals surface area contributed by atoms with Crippen LogP contribution in [0.1, 0.15) is 24.2 Å². The van der Waals surface area contributed by atoms with E-state index in [0.29, 0.717) is 23.5 Å². The summed E-state index contributed by atoms with van der Waals surface area (Å²) in [7, 11) is 0. The topological polar surface area (TPSA) is 90.5 Å². The summed E-state index contributed by atoms with van der Waals surface area (Å²) in [5.41, 5.74) is 4.30. The molecule has 7 heteroatoms. The summed E-state index contributed by atoms with van der Waals surface area (Å²) in [6.45, 7) is 7.72. The molecular formula is C20H24N4O3. The van der Waals surface area contributed by atoms with Crippen LogP contribution in [-0.4, -0.2) is 52.2 Å². The molecule has 1 amide bonds. The molecule has 0 radical (unpaired) electrons. The van der Waals surface area contributed by atoms with Gasteiger partial charge in [-0.25, -0.2) is 10.5 Å². The zero-order valence-electron chi connectivity index (χ0n) is 15.5. The van der Waals surface area contributed by atoms with Crippen molar-refractivity contribution >= 4 is 16.9 Å². The van der Waals surface area contributed by atoms with Crippen molar-refractivity contribution < 1.29 is 14.7 Å². The Labute approximate surface area is 157 Å². The first-order valence-electron chi connectivity index (χ1n) is 9.05. The second-order valence-electron chi connectivity index (χ2n) is 6.13. The lowest BCUT2D eigenvalue weighted by Crippen LogP contribution is -2.27. The van der Waals surface area contributed by atoms with Gasteiger partial charge in [0, 0.05) is 12.1 Å². The average molecular weight is 368 g/mol. The second-order valence-corrected chi connectivity index (χ2v) is 6.13. The molecule has 0 bridgehead atoms. The fraction of sp³-hybridized carbons (Fsp3) is 0.300. The number of carbonyl (C=O) groups is 1. The maximum atomic E-state index is 11.6. The Morgan fingerprint density at radius 3 is 2.74 bits per heavy atom. The molecule has 0 atom stereocenters. The van der Waals surface area contributed by atoms with Crippen LogP contribution in [0.3, 0.4) is 0 Å². The number of amides is 1. The predicted molar refractivity (Wildman–Crippen MR) is 104 cm³/mol. The summed E-state index contributed by atoms with van der Waals surface area (Å²) in [5.74, 6) is 0.871. The lowest BCUT2D eigenvalue weighted by atomic mass is 10.2. The molecule has 27 heavy (non-hydrogen) atoms. The highest BCUT2D eigenvalue weighted by molar-refractivity contribution is 5.97. The molecule has 1 heterocycles. The fourth-order valence-electron chi connectivity index (χ4n) is 2.96. The van der Waals surface area contributed by atoms with Gasteiger partial charge in [0.25, 0.3) is 5.91 Å². The number of aromatic nitrogens is 2. The number of ether oxygens (including phenoxy) is 1. The molecule has 0 aliphatic heterocycles. The molecular weight excluding hydrogens is 344 g/mol. The number of carbonyl (C=O) groups excluding carboxylic acids is 1. The summed E-state index contributed by atoms with van der Waals surface area (Å²) in [4.78, 5) is 21.7. The van der Waals surface area contributed by atoms with Crippen molar-refractivity contribution in [1.29, 1.82) is 0 Å². The van der Waals surface area contributed by atoms with Gasteiger partial charge in [-0.1, -0.05) is 26.0 Å². The van der Waals surface area contributed by atoms with Gasteiger partial charge in [-0.05, 0) is 43.4 Å². The van der Waals surface area contributed by atoms with Crippen molar-refractivity contribution in [2.45, 2.75) is 13.8 Å². The molecule has 0 spiro atoms. The van der Waals surface area contributed by atoms with Crippen molar-refractivity contribution in [3.05, 3.63) is 48.0 Å². The van der Waals surface area contributed by atoms with Crippen LogP contribution in [-0.2, 0) is 0 Å². The Balaban J connectivity index is 1.84. The van der Waals surface area contributed by atoms with Gasteiger partial charge in [0.1, 0.15) is 18.2 Å². The highest BCUT2D eigenvalue weighted by Crippen LogP contribution is 2.29. The molecule has 0 fully saturated rings. The van der Waals surface area contributed by atoms with Crippen molar-refractivity contribution in [2.24, 2.45) is 0 Å². The summed E-state index contributed by atoms with van der Waals surface area (Å²) in [6, 6.07) is 12.8. The minimum absolute atomic E-state index is 0.351. The number of likely N-dealkylation sites (N-methyl/N-ethyl adjacent to an activating group) is 1. The number of hydrogen-bond donors (Lipinski definition) is 3. The normalized spacial score (nSPS) is 11.1. The second kappa shape index (κ2) is 8.66. The van der Waals surface area contributed by atoms with Gasteiger partial charge in [0.15, 0.2) is 0 Å². The Hall–Kier alpha value is -2.90. The average Bonchev–Trinajstić information content (AvgIpc) is 3.14. The number of para-hydroxylation sites is 1. The van der Waals surface area contributed by atoms with E-state index in [9.17, 15) is 4.79 Å². The Bertz CT molecular complexity index is 918. The van der Waals surface area contributed by atoms with Gasteiger partial charge < -0.3 is 14.6 Å². The van der Waals surface area contributed by atoms with E-state index in [1.165, 1.54) is 0 Å². The Morgan fingerprint density at radius 2 is 2.00 bits per heavy atom. The number of nitrogens with zero attached hydrogens (tertiary/aromatic N) is 2. The van der Waals surface area contributed by atoms with E-state index in [4.69, 9.17) is 9.94 Å². The number of imidazole rings is 1. The van der Waals surface area contributed by atoms with Crippen molar-refractivity contribution in [2.75, 3.05) is 26.2 Å². The number of aromatic amines is 1. The molecule has 3 N–H and O–H groups in total. The number of rotatable bonds is 8. The monoisotopic (exact) mass is 368 g/mol. The van der Waals surface area contributed by atoms with Crippen LogP contribution in [0.4, 0.5) is 0 Å². The quantitative estimate of drug-likeness (QED) is 0.420. The number of benzene rings is 2. The van der Waals surface area contributed by atoms with Crippen molar-refractivity contribution in [3.63, 3.8) is 0 Å². The third kappa shape index (κ3) is 4.27. The third-order valence-electron chi connectivity index (χ3n) is 4.55. The van der Waals surface area contributed by atoms with Gasteiger partial charge in [-0.3, -0.25) is 10.0 Å². The smallest absolute Gasteiger partial charge is 0.274 e. The third-order valence-corrected chi connectivity index (χ3v) is 4.55. The number of fused-ring (bicyclic) bond motifs is 1. The zero-order valence-corrected chi connectivity index (χ0v) is 15.5. The molecule has 0 aliphatic rings. The van der Waals surface area contributed by atoms with Crippen LogP contribution in [0.2, 0.25) is 0 Å². The van der Waals surface area contributed by atoms with Crippen LogP contribution in [0.15, 0.2) is 42.5 Å². The molecule has 2 aromatic carbocycles. The van der Waals surface area contributed by atoms with Crippen molar-refractivity contribution in [3.8, 4) is 17.1 Å². The van der Waals surface area contributed by atoms with E-state index in [-0.39, 0.29) is 0 Å². The summed E-state index contributed by atoms with van der Waals surface area (Å²) >= 11 is 0. The van der Waals surface area contributed by atoms with Gasteiger partial charge in [0.2, 0.25) is 0 Å². The molecule has 0 saturated heterocycles. The molecule has 0 aliphatic carbocycles. The first-order valence-corrected chi connectivity index (χ1v) is 9.05. The van der Waals surface area contributed by atoms with Gasteiger partial charge >= 0.3 is 0 Å². The number of H-pyrrole nitrogens is 1. The van der Waals surface area contributed by atoms with E-state index in [1.807, 2.05) is 24.3 Å². The fourth-order valence-corrected chi connectivity index (χ4v) is 2.96. The highest BCUT2D eigenvalue weighted by Gasteiger charge is 2.13. The van der Waals surface area contributed by atoms with E-state index >= 15 is 0 Å². The molecule has 0 saturated carbocycles. The summed E-state index contributed by atoms with van der Waals surface area (Å²) in [5, 5.41) is 8.79. The maximum Gasteiger partial charge on any atom is 0.274 e. The van der Waals surface area contributed by atoms with Crippen molar-refractivity contribution in [1.82, 2.24) is 20.3 Å². The number of hydroxylamine groups is 1. The molecule has 1 aromatic heterocycles. The van der Waals surface area contributed by atoms with E-state index < -0.39 is 5.91 Å². The van der Waals surface area contributed by atoms with Crippen LogP contribution < -0.4 is 10.2 Å². The van der Waals surface area contributed by atoms with Crippen LogP contribution in [0.25, 0.3) is 22.4 Å². The van der Waals surface area contributed by atoms with E-state index in [2.05, 4.69) is 28.7 Å². The lowest BCUT2D eigenvalue weighted by Gasteiger charge is -2.18. The van der Waals surface area contributed by atoms with Crippen LogP contribution in [0.5, 0.6) is 5.75 Å². The maximum absolute atomic E-state index is 11.6.